The van der Waals surface area contributed by atoms with Crippen molar-refractivity contribution in [3.05, 3.63) is 88.0 Å². The second-order valence-electron chi connectivity index (χ2n) is 7.48. The first-order chi connectivity index (χ1) is 16.5. The average Bonchev–Trinajstić information content (AvgIpc) is 3.28. The van der Waals surface area contributed by atoms with Gasteiger partial charge in [-0.2, -0.15) is 0 Å². The van der Waals surface area contributed by atoms with Crippen LogP contribution in [0.1, 0.15) is 10.4 Å². The highest BCUT2D eigenvalue weighted by atomic mass is 127. The zero-order valence-corrected chi connectivity index (χ0v) is 21.8. The second kappa shape index (κ2) is 9.65. The Labute approximate surface area is 219 Å². The number of hydrogen-bond donors (Lipinski definition) is 2. The minimum Gasteiger partial charge on any atom is -0.496 e. The van der Waals surface area contributed by atoms with Gasteiger partial charge in [0, 0.05) is 9.13 Å². The number of nitrogens with zero attached hydrogens (tertiary/aromatic N) is 1. The van der Waals surface area contributed by atoms with Crippen LogP contribution >= 0.6 is 46.1 Å². The first-order valence-electron chi connectivity index (χ1n) is 10.4. The van der Waals surface area contributed by atoms with Crippen LogP contribution in [-0.2, 0) is 0 Å². The molecule has 5 aromatic rings. The summed E-state index contributed by atoms with van der Waals surface area (Å²) < 4.78 is 7.65. The lowest BCUT2D eigenvalue weighted by Gasteiger charge is -2.14. The lowest BCUT2D eigenvalue weighted by Crippen LogP contribution is -2.34. The summed E-state index contributed by atoms with van der Waals surface area (Å²) in [6, 6.07) is 25.5. The molecule has 0 saturated carbocycles. The summed E-state index contributed by atoms with van der Waals surface area (Å²) in [4.78, 5) is 17.8. The van der Waals surface area contributed by atoms with Crippen LogP contribution in [-0.4, -0.2) is 23.1 Å². The number of para-hydroxylation sites is 1. The topological polar surface area (TPSA) is 63.2 Å². The van der Waals surface area contributed by atoms with Crippen molar-refractivity contribution in [2.24, 2.45) is 0 Å². The molecule has 8 heteroatoms. The van der Waals surface area contributed by atoms with E-state index < -0.39 is 0 Å². The second-order valence-corrected chi connectivity index (χ2v) is 10.2. The summed E-state index contributed by atoms with van der Waals surface area (Å²) in [5.74, 6) is 0.149. The van der Waals surface area contributed by atoms with Crippen LogP contribution in [0.3, 0.4) is 0 Å². The Balaban J connectivity index is 1.41. The van der Waals surface area contributed by atoms with E-state index in [0.29, 0.717) is 11.3 Å². The van der Waals surface area contributed by atoms with E-state index >= 15 is 0 Å². The molecule has 0 unspecified atom stereocenters. The number of carbonyl (C=O) groups is 1. The molecule has 0 aliphatic rings. The van der Waals surface area contributed by atoms with Crippen LogP contribution in [0.5, 0.6) is 5.75 Å². The van der Waals surface area contributed by atoms with Crippen molar-refractivity contribution in [3.8, 4) is 16.3 Å². The van der Waals surface area contributed by atoms with E-state index in [1.54, 1.807) is 18.4 Å². The molecule has 168 valence electrons. The minimum atomic E-state index is -0.341. The quantitative estimate of drug-likeness (QED) is 0.176. The maximum atomic E-state index is 13.1. The number of nitrogens with one attached hydrogen (secondary N) is 2. The van der Waals surface area contributed by atoms with E-state index in [0.717, 1.165) is 40.8 Å². The highest BCUT2D eigenvalue weighted by Crippen LogP contribution is 2.35. The minimum absolute atomic E-state index is 0.198. The molecule has 5 rings (SSSR count). The Kier molecular flexibility index (Phi) is 6.44. The molecule has 34 heavy (non-hydrogen) atoms. The molecular weight excluding hydrogens is 577 g/mol. The molecule has 1 amide bonds. The van der Waals surface area contributed by atoms with Gasteiger partial charge >= 0.3 is 0 Å². The van der Waals surface area contributed by atoms with Crippen molar-refractivity contribution in [2.45, 2.75) is 0 Å². The Morgan fingerprint density at radius 3 is 2.50 bits per heavy atom. The van der Waals surface area contributed by atoms with Gasteiger partial charge in [-0.15, -0.1) is 11.3 Å². The normalized spacial score (nSPS) is 10.9. The Morgan fingerprint density at radius 2 is 1.74 bits per heavy atom. The molecule has 0 radical (unpaired) electrons. The molecule has 4 aromatic carbocycles. The summed E-state index contributed by atoms with van der Waals surface area (Å²) in [6.45, 7) is 0. The van der Waals surface area contributed by atoms with E-state index in [1.165, 1.54) is 0 Å². The molecule has 1 heterocycles. The predicted octanol–water partition coefficient (Wildman–Crippen LogP) is 6.86. The van der Waals surface area contributed by atoms with Gasteiger partial charge in [0.05, 0.1) is 28.6 Å². The van der Waals surface area contributed by atoms with Gasteiger partial charge in [0.2, 0.25) is 0 Å². The van der Waals surface area contributed by atoms with Crippen LogP contribution < -0.4 is 15.4 Å². The molecule has 0 fully saturated rings. The van der Waals surface area contributed by atoms with Crippen LogP contribution in [0.4, 0.5) is 5.69 Å². The summed E-state index contributed by atoms with van der Waals surface area (Å²) in [5, 5.41) is 8.99. The molecule has 0 atom stereocenters. The number of anilines is 1. The third kappa shape index (κ3) is 4.61. The fraction of sp³-hybridized carbons (Fsp3) is 0.0385. The molecule has 2 N–H and O–H groups in total. The Hall–Kier alpha value is -3.08. The standard InChI is InChI=1S/C26H18IN3O2S2/c1-32-22-13-16-7-3-2-6-15(16)12-19(22)24(31)30-26(33)29-20-11-10-17(27)14-18(20)25-28-21-8-4-5-9-23(21)34-25/h2-14H,1H3,(H2,29,30,31,33). The van der Waals surface area contributed by atoms with Gasteiger partial charge in [-0.1, -0.05) is 36.4 Å². The lowest BCUT2D eigenvalue weighted by molar-refractivity contribution is 0.0975. The average molecular weight is 595 g/mol. The van der Waals surface area contributed by atoms with Gasteiger partial charge in [0.25, 0.3) is 5.91 Å². The van der Waals surface area contributed by atoms with Crippen LogP contribution in [0.25, 0.3) is 31.6 Å². The van der Waals surface area contributed by atoms with E-state index in [4.69, 9.17) is 21.9 Å². The van der Waals surface area contributed by atoms with Crippen molar-refractivity contribution in [2.75, 3.05) is 12.4 Å². The van der Waals surface area contributed by atoms with E-state index in [2.05, 4.69) is 45.4 Å². The third-order valence-electron chi connectivity index (χ3n) is 5.29. The number of ether oxygens (including phenoxy) is 1. The van der Waals surface area contributed by atoms with Gasteiger partial charge < -0.3 is 10.1 Å². The smallest absolute Gasteiger partial charge is 0.261 e. The molecular formula is C26H18IN3O2S2. The molecule has 0 bridgehead atoms. The number of carbonyl (C=O) groups excluding carboxylic acids is 1. The number of thiazole rings is 1. The Morgan fingerprint density at radius 1 is 1.00 bits per heavy atom. The van der Waals surface area contributed by atoms with Gasteiger partial charge in [-0.3, -0.25) is 10.1 Å². The van der Waals surface area contributed by atoms with E-state index in [1.807, 2.05) is 66.7 Å². The molecule has 0 saturated heterocycles. The largest absolute Gasteiger partial charge is 0.496 e. The van der Waals surface area contributed by atoms with Crippen molar-refractivity contribution in [1.82, 2.24) is 10.3 Å². The lowest BCUT2D eigenvalue weighted by atomic mass is 10.1. The fourth-order valence-electron chi connectivity index (χ4n) is 3.68. The van der Waals surface area contributed by atoms with Gasteiger partial charge in [0.1, 0.15) is 10.8 Å². The van der Waals surface area contributed by atoms with E-state index in [9.17, 15) is 4.79 Å². The summed E-state index contributed by atoms with van der Waals surface area (Å²) in [5.41, 5.74) is 3.06. The van der Waals surface area contributed by atoms with Gasteiger partial charge in [0.15, 0.2) is 5.11 Å². The first kappa shape index (κ1) is 22.7. The summed E-state index contributed by atoms with van der Waals surface area (Å²) in [6.07, 6.45) is 0. The number of amides is 1. The highest BCUT2D eigenvalue weighted by molar-refractivity contribution is 14.1. The molecule has 1 aromatic heterocycles. The number of aromatic nitrogens is 1. The Bertz CT molecular complexity index is 1530. The maximum Gasteiger partial charge on any atom is 0.261 e. The molecule has 0 spiro atoms. The summed E-state index contributed by atoms with van der Waals surface area (Å²) >= 11 is 9.38. The molecule has 5 nitrogen and oxygen atoms in total. The number of rotatable bonds is 4. The SMILES string of the molecule is COc1cc2ccccc2cc1C(=O)NC(=S)Nc1ccc(I)cc1-c1nc2ccccc2s1. The zero-order valence-electron chi connectivity index (χ0n) is 18.0. The van der Waals surface area contributed by atoms with Gasteiger partial charge in [-0.25, -0.2) is 4.98 Å². The van der Waals surface area contributed by atoms with Crippen LogP contribution in [0.15, 0.2) is 78.9 Å². The number of halogens is 1. The van der Waals surface area contributed by atoms with Crippen molar-refractivity contribution in [3.63, 3.8) is 0 Å². The number of hydrogen-bond acceptors (Lipinski definition) is 5. The van der Waals surface area contributed by atoms with Crippen molar-refractivity contribution < 1.29 is 9.53 Å². The fourth-order valence-corrected chi connectivity index (χ4v) is 5.37. The summed E-state index contributed by atoms with van der Waals surface area (Å²) in [7, 11) is 1.55. The van der Waals surface area contributed by atoms with E-state index in [-0.39, 0.29) is 11.0 Å². The third-order valence-corrected chi connectivity index (χ3v) is 7.24. The molecule has 0 aliphatic heterocycles. The van der Waals surface area contributed by atoms with Crippen LogP contribution in [0.2, 0.25) is 0 Å². The zero-order chi connectivity index (χ0) is 23.7. The maximum absolute atomic E-state index is 13.1. The first-order valence-corrected chi connectivity index (χ1v) is 12.7. The highest BCUT2D eigenvalue weighted by Gasteiger charge is 2.17. The number of fused-ring (bicyclic) bond motifs is 2. The van der Waals surface area contributed by atoms with Crippen molar-refractivity contribution in [1.29, 1.82) is 0 Å². The predicted molar refractivity (Wildman–Crippen MR) is 152 cm³/mol. The molecule has 0 aliphatic carbocycles. The number of benzene rings is 4. The van der Waals surface area contributed by atoms with Crippen molar-refractivity contribution >= 4 is 83.8 Å². The monoisotopic (exact) mass is 595 g/mol. The van der Waals surface area contributed by atoms with Crippen LogP contribution in [0, 0.1) is 3.57 Å². The number of thiocarbonyl (C=S) groups is 1. The van der Waals surface area contributed by atoms with Gasteiger partial charge in [-0.05, 0) is 88.0 Å². The number of methoxy groups -OCH3 is 1.